The molecule has 0 fully saturated rings. The molecular weight excluding hydrogens is 179 g/mol. The van der Waals surface area contributed by atoms with Crippen molar-refractivity contribution >= 4 is 11.6 Å². The summed E-state index contributed by atoms with van der Waals surface area (Å²) in [7, 11) is 0. The highest BCUT2D eigenvalue weighted by Crippen LogP contribution is 2.11. The molecule has 0 heterocycles. The third-order valence-electron chi connectivity index (χ3n) is 1.23. The van der Waals surface area contributed by atoms with Crippen LogP contribution >= 0.6 is 11.6 Å². The molecule has 64 valence electrons. The van der Waals surface area contributed by atoms with Gasteiger partial charge < -0.3 is 4.74 Å². The summed E-state index contributed by atoms with van der Waals surface area (Å²) in [5.74, 6) is 0.201. The predicted octanol–water partition coefficient (Wildman–Crippen LogP) is 2.96. The molecule has 0 aliphatic rings. The van der Waals surface area contributed by atoms with Gasteiger partial charge in [-0.25, -0.2) is 4.39 Å². The Morgan fingerprint density at radius 3 is 3.00 bits per heavy atom. The molecule has 0 aliphatic carbocycles. The van der Waals surface area contributed by atoms with Gasteiger partial charge in [-0.15, -0.1) is 0 Å². The standard InChI is InChI=1S/C9H8ClFO/c10-5-2-6-12-9-4-1-3-8(11)7-9/h1-5,7H,6H2/b5-2+. The zero-order chi connectivity index (χ0) is 8.81. The number of hydrogen-bond acceptors (Lipinski definition) is 1. The molecule has 0 N–H and O–H groups in total. The minimum absolute atomic E-state index is 0.303. The monoisotopic (exact) mass is 186 g/mol. The van der Waals surface area contributed by atoms with E-state index in [2.05, 4.69) is 0 Å². The Balaban J connectivity index is 2.52. The van der Waals surface area contributed by atoms with Crippen LogP contribution in [-0.2, 0) is 0 Å². The molecule has 0 unspecified atom stereocenters. The van der Waals surface area contributed by atoms with Crippen LogP contribution in [0, 0.1) is 5.82 Å². The Labute approximate surface area is 75.4 Å². The third kappa shape index (κ3) is 2.93. The van der Waals surface area contributed by atoms with Crippen molar-refractivity contribution in [1.82, 2.24) is 0 Å². The fourth-order valence-electron chi connectivity index (χ4n) is 0.737. The van der Waals surface area contributed by atoms with Crippen LogP contribution in [0.5, 0.6) is 5.75 Å². The van der Waals surface area contributed by atoms with Gasteiger partial charge in [-0.2, -0.15) is 0 Å². The third-order valence-corrected chi connectivity index (χ3v) is 1.41. The fraction of sp³-hybridized carbons (Fsp3) is 0.111. The summed E-state index contributed by atoms with van der Waals surface area (Å²) in [4.78, 5) is 0. The normalized spacial score (nSPS) is 10.5. The number of rotatable bonds is 3. The minimum atomic E-state index is -0.303. The average molecular weight is 187 g/mol. The largest absolute Gasteiger partial charge is 0.489 e. The van der Waals surface area contributed by atoms with Crippen molar-refractivity contribution in [3.8, 4) is 5.75 Å². The molecule has 0 aromatic heterocycles. The number of benzene rings is 1. The van der Waals surface area contributed by atoms with Crippen LogP contribution in [0.2, 0.25) is 0 Å². The van der Waals surface area contributed by atoms with Gasteiger partial charge in [-0.05, 0) is 18.2 Å². The highest BCUT2D eigenvalue weighted by molar-refractivity contribution is 6.25. The minimum Gasteiger partial charge on any atom is -0.489 e. The van der Waals surface area contributed by atoms with Crippen molar-refractivity contribution in [2.24, 2.45) is 0 Å². The van der Waals surface area contributed by atoms with E-state index in [1.54, 1.807) is 18.2 Å². The van der Waals surface area contributed by atoms with Gasteiger partial charge in [-0.3, -0.25) is 0 Å². The molecule has 1 aromatic carbocycles. The van der Waals surface area contributed by atoms with Crippen LogP contribution in [0.4, 0.5) is 4.39 Å². The lowest BCUT2D eigenvalue weighted by atomic mass is 10.3. The summed E-state index contributed by atoms with van der Waals surface area (Å²) in [6.07, 6.45) is 1.63. The number of halogens is 2. The topological polar surface area (TPSA) is 9.23 Å². The molecule has 1 rings (SSSR count). The highest BCUT2D eigenvalue weighted by atomic mass is 35.5. The van der Waals surface area contributed by atoms with E-state index in [9.17, 15) is 4.39 Å². The summed E-state index contributed by atoms with van der Waals surface area (Å²) in [6.45, 7) is 0.354. The highest BCUT2D eigenvalue weighted by Gasteiger charge is 1.92. The fourth-order valence-corrected chi connectivity index (χ4v) is 0.810. The van der Waals surface area contributed by atoms with Crippen LogP contribution < -0.4 is 4.74 Å². The van der Waals surface area contributed by atoms with Crippen molar-refractivity contribution < 1.29 is 9.13 Å². The SMILES string of the molecule is Fc1cccc(OC/C=C/Cl)c1. The van der Waals surface area contributed by atoms with Crippen molar-refractivity contribution in [3.63, 3.8) is 0 Å². The second kappa shape index (κ2) is 4.78. The zero-order valence-corrected chi connectivity index (χ0v) is 7.09. The van der Waals surface area contributed by atoms with Crippen molar-refractivity contribution in [3.05, 3.63) is 41.7 Å². The number of ether oxygens (including phenoxy) is 1. The summed E-state index contributed by atoms with van der Waals surface area (Å²) < 4.78 is 17.7. The van der Waals surface area contributed by atoms with Gasteiger partial charge in [0.2, 0.25) is 0 Å². The Bertz CT molecular complexity index is 273. The van der Waals surface area contributed by atoms with Gasteiger partial charge in [0.1, 0.15) is 18.2 Å². The second-order valence-electron chi connectivity index (χ2n) is 2.13. The average Bonchev–Trinajstić information content (AvgIpc) is 2.05. The summed E-state index contributed by atoms with van der Waals surface area (Å²) in [6, 6.07) is 5.96. The quantitative estimate of drug-likeness (QED) is 0.705. The van der Waals surface area contributed by atoms with Crippen LogP contribution in [0.15, 0.2) is 35.9 Å². The van der Waals surface area contributed by atoms with E-state index in [4.69, 9.17) is 16.3 Å². The van der Waals surface area contributed by atoms with Crippen LogP contribution in [0.1, 0.15) is 0 Å². The number of hydrogen-bond donors (Lipinski definition) is 0. The lowest BCUT2D eigenvalue weighted by Gasteiger charge is -2.01. The van der Waals surface area contributed by atoms with E-state index < -0.39 is 0 Å². The molecule has 1 nitrogen and oxygen atoms in total. The Morgan fingerprint density at radius 1 is 1.50 bits per heavy atom. The van der Waals surface area contributed by atoms with Crippen molar-refractivity contribution in [2.75, 3.05) is 6.61 Å². The molecular formula is C9H8ClFO. The zero-order valence-electron chi connectivity index (χ0n) is 6.34. The van der Waals surface area contributed by atoms with Gasteiger partial charge in [0.05, 0.1) is 0 Å². The lowest BCUT2D eigenvalue weighted by molar-refractivity contribution is 0.360. The van der Waals surface area contributed by atoms with Crippen molar-refractivity contribution in [2.45, 2.75) is 0 Å². The van der Waals surface area contributed by atoms with E-state index in [0.29, 0.717) is 12.4 Å². The summed E-state index contributed by atoms with van der Waals surface area (Å²) in [5, 5.41) is 0. The van der Waals surface area contributed by atoms with Gasteiger partial charge in [-0.1, -0.05) is 17.7 Å². The van der Waals surface area contributed by atoms with Gasteiger partial charge in [0.15, 0.2) is 0 Å². The van der Waals surface area contributed by atoms with E-state index in [1.165, 1.54) is 17.7 Å². The lowest BCUT2D eigenvalue weighted by Crippen LogP contribution is -1.92. The van der Waals surface area contributed by atoms with Gasteiger partial charge >= 0.3 is 0 Å². The summed E-state index contributed by atoms with van der Waals surface area (Å²) in [5.41, 5.74) is 1.36. The first kappa shape index (κ1) is 9.07. The molecule has 0 atom stereocenters. The smallest absolute Gasteiger partial charge is 0.126 e. The molecule has 0 spiro atoms. The van der Waals surface area contributed by atoms with E-state index in [0.717, 1.165) is 0 Å². The first-order valence-corrected chi connectivity index (χ1v) is 3.90. The maximum atomic E-state index is 12.6. The first-order valence-electron chi connectivity index (χ1n) is 3.46. The molecule has 3 heteroatoms. The maximum Gasteiger partial charge on any atom is 0.126 e. The van der Waals surface area contributed by atoms with Gasteiger partial charge in [0.25, 0.3) is 0 Å². The Morgan fingerprint density at radius 2 is 2.33 bits per heavy atom. The van der Waals surface area contributed by atoms with E-state index in [-0.39, 0.29) is 5.82 Å². The first-order chi connectivity index (χ1) is 5.83. The van der Waals surface area contributed by atoms with Crippen LogP contribution in [-0.4, -0.2) is 6.61 Å². The molecule has 0 aliphatic heterocycles. The van der Waals surface area contributed by atoms with E-state index >= 15 is 0 Å². The predicted molar refractivity (Wildman–Crippen MR) is 46.9 cm³/mol. The van der Waals surface area contributed by atoms with Crippen molar-refractivity contribution in [1.29, 1.82) is 0 Å². The second-order valence-corrected chi connectivity index (χ2v) is 2.38. The molecule has 1 aromatic rings. The van der Waals surface area contributed by atoms with Crippen LogP contribution in [0.3, 0.4) is 0 Å². The molecule has 12 heavy (non-hydrogen) atoms. The molecule has 0 radical (unpaired) electrons. The molecule has 0 saturated carbocycles. The van der Waals surface area contributed by atoms with E-state index in [1.807, 2.05) is 0 Å². The summed E-state index contributed by atoms with van der Waals surface area (Å²) >= 11 is 5.26. The Hall–Kier alpha value is -1.02. The Kier molecular flexibility index (Phi) is 3.61. The molecule has 0 bridgehead atoms. The van der Waals surface area contributed by atoms with Gasteiger partial charge in [0, 0.05) is 11.6 Å². The molecule has 0 saturated heterocycles. The molecule has 0 amide bonds. The van der Waals surface area contributed by atoms with Crippen LogP contribution in [0.25, 0.3) is 0 Å². The maximum absolute atomic E-state index is 12.6.